The molecule has 2 aliphatic rings. The first-order valence-corrected chi connectivity index (χ1v) is 7.60. The van der Waals surface area contributed by atoms with E-state index in [-0.39, 0.29) is 0 Å². The van der Waals surface area contributed by atoms with Crippen molar-refractivity contribution in [3.05, 3.63) is 59.2 Å². The van der Waals surface area contributed by atoms with Crippen molar-refractivity contribution in [3.8, 4) is 0 Å². The number of rotatable bonds is 1. The van der Waals surface area contributed by atoms with Gasteiger partial charge in [-0.15, -0.1) is 0 Å². The van der Waals surface area contributed by atoms with Gasteiger partial charge in [0.15, 0.2) is 0 Å². The highest BCUT2D eigenvalue weighted by atomic mass is 15.1. The second kappa shape index (κ2) is 4.95. The molecule has 0 aromatic heterocycles. The number of anilines is 2. The van der Waals surface area contributed by atoms with Crippen molar-refractivity contribution in [1.82, 2.24) is 5.32 Å². The van der Waals surface area contributed by atoms with Gasteiger partial charge >= 0.3 is 0 Å². The molecule has 2 aromatic rings. The van der Waals surface area contributed by atoms with E-state index in [9.17, 15) is 0 Å². The molecule has 20 heavy (non-hydrogen) atoms. The summed E-state index contributed by atoms with van der Waals surface area (Å²) >= 11 is 0. The monoisotopic (exact) mass is 264 g/mol. The fourth-order valence-electron chi connectivity index (χ4n) is 3.43. The molecule has 0 unspecified atom stereocenters. The Bertz CT molecular complexity index is 633. The van der Waals surface area contributed by atoms with Gasteiger partial charge in [-0.1, -0.05) is 24.3 Å². The molecule has 0 spiro atoms. The first kappa shape index (κ1) is 12.0. The van der Waals surface area contributed by atoms with Gasteiger partial charge < -0.3 is 10.2 Å². The van der Waals surface area contributed by atoms with E-state index in [0.29, 0.717) is 0 Å². The van der Waals surface area contributed by atoms with Crippen LogP contribution in [0.25, 0.3) is 0 Å². The summed E-state index contributed by atoms with van der Waals surface area (Å²) in [7, 11) is 0. The standard InChI is InChI=1S/C18H20N2/c1-2-6-18-14(4-1)5-3-11-20(18)17-8-7-16-13-19-10-9-15(16)12-17/h1-2,4,6-8,12,19H,3,5,9-11,13H2. The Hall–Kier alpha value is -1.80. The third kappa shape index (κ3) is 2.01. The van der Waals surface area contributed by atoms with Crippen LogP contribution in [0.2, 0.25) is 0 Å². The highest BCUT2D eigenvalue weighted by Gasteiger charge is 2.19. The highest BCUT2D eigenvalue weighted by Crippen LogP contribution is 2.34. The molecule has 2 aliphatic heterocycles. The second-order valence-corrected chi connectivity index (χ2v) is 5.76. The molecule has 2 heterocycles. The number of benzene rings is 2. The molecule has 0 saturated heterocycles. The van der Waals surface area contributed by atoms with E-state index >= 15 is 0 Å². The van der Waals surface area contributed by atoms with Gasteiger partial charge in [0.2, 0.25) is 0 Å². The van der Waals surface area contributed by atoms with Crippen molar-refractivity contribution in [1.29, 1.82) is 0 Å². The molecule has 1 N–H and O–H groups in total. The fourth-order valence-corrected chi connectivity index (χ4v) is 3.43. The minimum absolute atomic E-state index is 1.02. The van der Waals surface area contributed by atoms with E-state index in [0.717, 1.165) is 26.1 Å². The smallest absolute Gasteiger partial charge is 0.0443 e. The lowest BCUT2D eigenvalue weighted by Crippen LogP contribution is -2.26. The minimum Gasteiger partial charge on any atom is -0.341 e. The molecule has 0 bridgehead atoms. The summed E-state index contributed by atoms with van der Waals surface area (Å²) in [5, 5.41) is 3.44. The quantitative estimate of drug-likeness (QED) is 0.849. The molecule has 0 aliphatic carbocycles. The molecule has 2 aromatic carbocycles. The number of hydrogen-bond donors (Lipinski definition) is 1. The average Bonchev–Trinajstić information content (AvgIpc) is 2.54. The van der Waals surface area contributed by atoms with Gasteiger partial charge in [0.05, 0.1) is 0 Å². The van der Waals surface area contributed by atoms with Crippen molar-refractivity contribution in [2.45, 2.75) is 25.8 Å². The zero-order valence-electron chi connectivity index (χ0n) is 11.7. The highest BCUT2D eigenvalue weighted by molar-refractivity contribution is 5.68. The van der Waals surface area contributed by atoms with Crippen molar-refractivity contribution in [3.63, 3.8) is 0 Å². The predicted octanol–water partition coefficient (Wildman–Crippen LogP) is 3.42. The Balaban J connectivity index is 1.75. The van der Waals surface area contributed by atoms with Crippen molar-refractivity contribution in [2.75, 3.05) is 18.0 Å². The number of para-hydroxylation sites is 1. The van der Waals surface area contributed by atoms with Crippen LogP contribution in [0.15, 0.2) is 42.5 Å². The Morgan fingerprint density at radius 2 is 1.85 bits per heavy atom. The largest absolute Gasteiger partial charge is 0.341 e. The molecule has 4 rings (SSSR count). The van der Waals surface area contributed by atoms with E-state index in [1.165, 1.54) is 40.9 Å². The van der Waals surface area contributed by atoms with Crippen LogP contribution in [0.1, 0.15) is 23.1 Å². The van der Waals surface area contributed by atoms with Gasteiger partial charge in [-0.05, 0) is 60.7 Å². The third-order valence-corrected chi connectivity index (χ3v) is 4.50. The number of hydrogen-bond acceptors (Lipinski definition) is 2. The van der Waals surface area contributed by atoms with E-state index in [1.54, 1.807) is 0 Å². The maximum Gasteiger partial charge on any atom is 0.0443 e. The molecule has 0 radical (unpaired) electrons. The van der Waals surface area contributed by atoms with Crippen LogP contribution in [0.4, 0.5) is 11.4 Å². The SMILES string of the molecule is c1ccc2c(c1)CCCN2c1ccc2c(c1)CCNC2. The van der Waals surface area contributed by atoms with Gasteiger partial charge in [0.25, 0.3) is 0 Å². The summed E-state index contributed by atoms with van der Waals surface area (Å²) in [6, 6.07) is 15.8. The topological polar surface area (TPSA) is 15.3 Å². The average molecular weight is 264 g/mol. The zero-order valence-corrected chi connectivity index (χ0v) is 11.7. The zero-order chi connectivity index (χ0) is 13.4. The van der Waals surface area contributed by atoms with E-state index < -0.39 is 0 Å². The van der Waals surface area contributed by atoms with Gasteiger partial charge in [0, 0.05) is 24.5 Å². The van der Waals surface area contributed by atoms with Gasteiger partial charge in [-0.2, -0.15) is 0 Å². The lowest BCUT2D eigenvalue weighted by atomic mass is 9.97. The number of aryl methyl sites for hydroxylation is 1. The summed E-state index contributed by atoms with van der Waals surface area (Å²) in [4.78, 5) is 2.49. The minimum atomic E-state index is 1.02. The maximum absolute atomic E-state index is 3.44. The van der Waals surface area contributed by atoms with Crippen molar-refractivity contribution < 1.29 is 0 Å². The lowest BCUT2D eigenvalue weighted by Gasteiger charge is -2.32. The molecule has 0 amide bonds. The van der Waals surface area contributed by atoms with Crippen molar-refractivity contribution in [2.24, 2.45) is 0 Å². The van der Waals surface area contributed by atoms with Crippen LogP contribution in [0.3, 0.4) is 0 Å². The number of nitrogens with one attached hydrogen (secondary N) is 1. The summed E-state index contributed by atoms with van der Waals surface area (Å²) in [6.07, 6.45) is 3.61. The Morgan fingerprint density at radius 1 is 0.900 bits per heavy atom. The van der Waals surface area contributed by atoms with Crippen LogP contribution in [-0.2, 0) is 19.4 Å². The molecule has 0 fully saturated rings. The summed E-state index contributed by atoms with van der Waals surface area (Å²) < 4.78 is 0. The van der Waals surface area contributed by atoms with Crippen LogP contribution in [-0.4, -0.2) is 13.1 Å². The normalized spacial score (nSPS) is 17.5. The van der Waals surface area contributed by atoms with E-state index in [2.05, 4.69) is 52.7 Å². The van der Waals surface area contributed by atoms with Gasteiger partial charge in [0.1, 0.15) is 0 Å². The number of nitrogens with zero attached hydrogens (tertiary/aromatic N) is 1. The molecular weight excluding hydrogens is 244 g/mol. The Labute approximate surface area is 120 Å². The first-order valence-electron chi connectivity index (χ1n) is 7.60. The van der Waals surface area contributed by atoms with Gasteiger partial charge in [-0.3, -0.25) is 0 Å². The molecule has 0 saturated carbocycles. The fraction of sp³-hybridized carbons (Fsp3) is 0.333. The van der Waals surface area contributed by atoms with E-state index in [1.807, 2.05) is 0 Å². The van der Waals surface area contributed by atoms with Crippen LogP contribution in [0, 0.1) is 0 Å². The van der Waals surface area contributed by atoms with Crippen molar-refractivity contribution >= 4 is 11.4 Å². The third-order valence-electron chi connectivity index (χ3n) is 4.50. The molecule has 2 heteroatoms. The Morgan fingerprint density at radius 3 is 2.85 bits per heavy atom. The Kier molecular flexibility index (Phi) is 2.96. The van der Waals surface area contributed by atoms with Gasteiger partial charge in [-0.25, -0.2) is 0 Å². The van der Waals surface area contributed by atoms with Crippen LogP contribution in [0.5, 0.6) is 0 Å². The molecule has 2 nitrogen and oxygen atoms in total. The molecular formula is C18H20N2. The van der Waals surface area contributed by atoms with E-state index in [4.69, 9.17) is 0 Å². The molecule has 102 valence electrons. The lowest BCUT2D eigenvalue weighted by molar-refractivity contribution is 0.643. The summed E-state index contributed by atoms with van der Waals surface area (Å²) in [6.45, 7) is 3.26. The summed E-state index contributed by atoms with van der Waals surface area (Å²) in [5.74, 6) is 0. The van der Waals surface area contributed by atoms with Crippen LogP contribution < -0.4 is 10.2 Å². The number of fused-ring (bicyclic) bond motifs is 2. The van der Waals surface area contributed by atoms with Crippen LogP contribution >= 0.6 is 0 Å². The molecule has 0 atom stereocenters. The predicted molar refractivity (Wildman–Crippen MR) is 83.6 cm³/mol. The summed E-state index contributed by atoms with van der Waals surface area (Å²) in [5.41, 5.74) is 7.22. The second-order valence-electron chi connectivity index (χ2n) is 5.76. The first-order chi connectivity index (χ1) is 9.92. The maximum atomic E-state index is 3.44.